The lowest BCUT2D eigenvalue weighted by molar-refractivity contribution is -0.0641. The van der Waals surface area contributed by atoms with Crippen molar-refractivity contribution < 1.29 is 0 Å². The van der Waals surface area contributed by atoms with E-state index in [-0.39, 0.29) is 0 Å². The molecular formula is C16H27BrN2. The van der Waals surface area contributed by atoms with E-state index in [1.54, 1.807) is 6.42 Å². The number of alkyl halides is 1. The highest BCUT2D eigenvalue weighted by Gasteiger charge is 2.56. The van der Waals surface area contributed by atoms with Crippen LogP contribution >= 0.6 is 15.9 Å². The number of nitrogens with zero attached hydrogens (tertiary/aromatic N) is 2. The minimum atomic E-state index is 0.630. The highest BCUT2D eigenvalue weighted by molar-refractivity contribution is 9.09. The standard InChI is InChI=1S/C16H27BrN2/c1-18-2-4-19(5-3-18)11-16-9-12-6-13(10-16)8-14(7-12)15(16)17/h12-15H,2-11H2,1H3. The van der Waals surface area contributed by atoms with Crippen LogP contribution in [0.3, 0.4) is 0 Å². The molecule has 0 amide bonds. The molecule has 19 heavy (non-hydrogen) atoms. The van der Waals surface area contributed by atoms with Crippen LogP contribution in [0.1, 0.15) is 32.1 Å². The molecule has 3 atom stereocenters. The SMILES string of the molecule is CN1CCN(CC23CC4CC(CC(C4)C2Br)C3)CC1. The predicted molar refractivity (Wildman–Crippen MR) is 82.6 cm³/mol. The van der Waals surface area contributed by atoms with Crippen LogP contribution in [0.25, 0.3) is 0 Å². The van der Waals surface area contributed by atoms with Crippen molar-refractivity contribution in [1.82, 2.24) is 9.80 Å². The molecule has 4 bridgehead atoms. The van der Waals surface area contributed by atoms with Crippen molar-refractivity contribution in [2.24, 2.45) is 23.2 Å². The molecule has 4 aliphatic carbocycles. The first-order valence-corrected chi connectivity index (χ1v) is 9.11. The second-order valence-corrected chi connectivity index (χ2v) is 8.94. The molecule has 1 saturated heterocycles. The smallest absolute Gasteiger partial charge is 0.0243 e. The lowest BCUT2D eigenvalue weighted by atomic mass is 9.49. The Balaban J connectivity index is 1.49. The van der Waals surface area contributed by atoms with E-state index in [1.807, 2.05) is 0 Å². The lowest BCUT2D eigenvalue weighted by Crippen LogP contribution is -2.59. The molecule has 1 aliphatic heterocycles. The van der Waals surface area contributed by atoms with Crippen LogP contribution < -0.4 is 0 Å². The van der Waals surface area contributed by atoms with Gasteiger partial charge in [0.1, 0.15) is 0 Å². The molecule has 0 spiro atoms. The van der Waals surface area contributed by atoms with Crippen LogP contribution in [-0.2, 0) is 0 Å². The molecule has 0 aromatic carbocycles. The van der Waals surface area contributed by atoms with Gasteiger partial charge in [-0.05, 0) is 62.3 Å². The number of hydrogen-bond donors (Lipinski definition) is 0. The number of rotatable bonds is 2. The first-order chi connectivity index (χ1) is 9.14. The van der Waals surface area contributed by atoms with Gasteiger partial charge in [-0.15, -0.1) is 0 Å². The van der Waals surface area contributed by atoms with Crippen molar-refractivity contribution in [3.05, 3.63) is 0 Å². The second kappa shape index (κ2) is 4.71. The Morgan fingerprint density at radius 3 is 2.26 bits per heavy atom. The number of hydrogen-bond acceptors (Lipinski definition) is 2. The molecule has 0 aromatic rings. The predicted octanol–water partition coefficient (Wildman–Crippen LogP) is 2.82. The summed E-state index contributed by atoms with van der Waals surface area (Å²) in [6.45, 7) is 6.48. The van der Waals surface area contributed by atoms with Crippen LogP contribution in [0.15, 0.2) is 0 Å². The Hall–Kier alpha value is 0.400. The third kappa shape index (κ3) is 2.20. The van der Waals surface area contributed by atoms with E-state index in [9.17, 15) is 0 Å². The van der Waals surface area contributed by atoms with Gasteiger partial charge in [0.15, 0.2) is 0 Å². The molecule has 5 fully saturated rings. The molecule has 5 rings (SSSR count). The fourth-order valence-corrected chi connectivity index (χ4v) is 6.76. The molecule has 108 valence electrons. The zero-order chi connectivity index (χ0) is 13.0. The summed E-state index contributed by atoms with van der Waals surface area (Å²) in [5.74, 6) is 3.14. The quantitative estimate of drug-likeness (QED) is 0.720. The monoisotopic (exact) mass is 326 g/mol. The van der Waals surface area contributed by atoms with Crippen molar-refractivity contribution >= 4 is 15.9 Å². The minimum absolute atomic E-state index is 0.630. The molecular weight excluding hydrogens is 300 g/mol. The van der Waals surface area contributed by atoms with Gasteiger partial charge in [-0.1, -0.05) is 15.9 Å². The average molecular weight is 327 g/mol. The molecule has 3 unspecified atom stereocenters. The van der Waals surface area contributed by atoms with Gasteiger partial charge in [0.2, 0.25) is 0 Å². The summed E-state index contributed by atoms with van der Waals surface area (Å²) in [5.41, 5.74) is 0.630. The Morgan fingerprint density at radius 2 is 1.63 bits per heavy atom. The zero-order valence-corrected chi connectivity index (χ0v) is 13.7. The van der Waals surface area contributed by atoms with Gasteiger partial charge in [-0.3, -0.25) is 0 Å². The van der Waals surface area contributed by atoms with Crippen molar-refractivity contribution in [3.63, 3.8) is 0 Å². The molecule has 2 nitrogen and oxygen atoms in total. The third-order valence-corrected chi connectivity index (χ3v) is 8.18. The maximum absolute atomic E-state index is 4.14. The van der Waals surface area contributed by atoms with E-state index in [2.05, 4.69) is 32.8 Å². The van der Waals surface area contributed by atoms with E-state index in [1.165, 1.54) is 58.4 Å². The molecule has 4 saturated carbocycles. The maximum Gasteiger partial charge on any atom is 0.0243 e. The van der Waals surface area contributed by atoms with Gasteiger partial charge in [0.25, 0.3) is 0 Å². The Bertz CT molecular complexity index is 337. The van der Waals surface area contributed by atoms with E-state index >= 15 is 0 Å². The first-order valence-electron chi connectivity index (χ1n) is 8.20. The van der Waals surface area contributed by atoms with Crippen LogP contribution in [0.5, 0.6) is 0 Å². The Labute approximate surface area is 126 Å². The molecule has 0 radical (unpaired) electrons. The van der Waals surface area contributed by atoms with E-state index < -0.39 is 0 Å². The highest BCUT2D eigenvalue weighted by atomic mass is 79.9. The first kappa shape index (κ1) is 13.1. The summed E-state index contributed by atoms with van der Waals surface area (Å²) in [5, 5.41) is 0. The summed E-state index contributed by atoms with van der Waals surface area (Å²) in [6.07, 6.45) is 7.64. The summed E-state index contributed by atoms with van der Waals surface area (Å²) in [6, 6.07) is 0. The zero-order valence-electron chi connectivity index (χ0n) is 12.2. The van der Waals surface area contributed by atoms with Crippen molar-refractivity contribution in [3.8, 4) is 0 Å². The minimum Gasteiger partial charge on any atom is -0.304 e. The number of halogens is 1. The van der Waals surface area contributed by atoms with Crippen LogP contribution in [0.2, 0.25) is 0 Å². The van der Waals surface area contributed by atoms with Crippen LogP contribution in [0.4, 0.5) is 0 Å². The van der Waals surface area contributed by atoms with Crippen LogP contribution in [-0.4, -0.2) is 54.4 Å². The van der Waals surface area contributed by atoms with Gasteiger partial charge in [-0.25, -0.2) is 0 Å². The van der Waals surface area contributed by atoms with Crippen molar-refractivity contribution in [2.45, 2.75) is 36.9 Å². The van der Waals surface area contributed by atoms with E-state index in [0.717, 1.165) is 22.6 Å². The highest BCUT2D eigenvalue weighted by Crippen LogP contribution is 2.62. The Kier molecular flexibility index (Phi) is 3.24. The van der Waals surface area contributed by atoms with Crippen molar-refractivity contribution in [2.75, 3.05) is 39.8 Å². The molecule has 5 aliphatic rings. The van der Waals surface area contributed by atoms with Crippen LogP contribution in [0, 0.1) is 23.2 Å². The summed E-state index contributed by atoms with van der Waals surface area (Å²) < 4.78 is 0. The fraction of sp³-hybridized carbons (Fsp3) is 1.00. The van der Waals surface area contributed by atoms with E-state index in [4.69, 9.17) is 0 Å². The van der Waals surface area contributed by atoms with Crippen molar-refractivity contribution in [1.29, 1.82) is 0 Å². The fourth-order valence-electron chi connectivity index (χ4n) is 5.81. The number of piperazine rings is 1. The van der Waals surface area contributed by atoms with Gasteiger partial charge in [-0.2, -0.15) is 0 Å². The van der Waals surface area contributed by atoms with Gasteiger partial charge < -0.3 is 9.80 Å². The number of likely N-dealkylation sites (N-methyl/N-ethyl adjacent to an activating group) is 1. The lowest BCUT2D eigenvalue weighted by Gasteiger charge is -2.61. The van der Waals surface area contributed by atoms with Gasteiger partial charge in [0.05, 0.1) is 0 Å². The molecule has 1 heterocycles. The molecule has 3 heteroatoms. The Morgan fingerprint density at radius 1 is 1.00 bits per heavy atom. The topological polar surface area (TPSA) is 6.48 Å². The summed E-state index contributed by atoms with van der Waals surface area (Å²) >= 11 is 4.14. The molecule has 0 aromatic heterocycles. The van der Waals surface area contributed by atoms with E-state index in [0.29, 0.717) is 5.41 Å². The normalized spacial score (nSPS) is 50.8. The molecule has 0 N–H and O–H groups in total. The maximum atomic E-state index is 4.14. The second-order valence-electron chi connectivity index (χ2n) is 7.95. The summed E-state index contributed by atoms with van der Waals surface area (Å²) in [7, 11) is 2.26. The van der Waals surface area contributed by atoms with Gasteiger partial charge >= 0.3 is 0 Å². The largest absolute Gasteiger partial charge is 0.304 e. The average Bonchev–Trinajstić information content (AvgIpc) is 2.38. The third-order valence-electron chi connectivity index (χ3n) is 6.46. The summed E-state index contributed by atoms with van der Waals surface area (Å²) in [4.78, 5) is 6.05. The van der Waals surface area contributed by atoms with Gasteiger partial charge in [0, 0.05) is 37.6 Å².